The highest BCUT2D eigenvalue weighted by atomic mass is 127. The molecule has 0 aliphatic carbocycles. The predicted molar refractivity (Wildman–Crippen MR) is 115 cm³/mol. The van der Waals surface area contributed by atoms with Crippen LogP contribution in [-0.2, 0) is 4.79 Å². The largest absolute Gasteiger partial charge is 0.504 e. The van der Waals surface area contributed by atoms with Gasteiger partial charge in [0.15, 0.2) is 17.0 Å². The molecule has 0 radical (unpaired) electrons. The standard InChI is InChI=1S/C18H16ClIN2O3S/c1-9-5-11(19)3-4-13(9)21-18-22-17(24)15(26-18)8-10-6-12(20)16(23)14(7-10)25-2/h3-8,18,21,23H,1-2H3,(H,22,24)/b15-8-. The number of aryl methyl sites for hydroxylation is 1. The van der Waals surface area contributed by atoms with E-state index in [0.717, 1.165) is 16.8 Å². The molecule has 2 aromatic rings. The molecular formula is C18H16ClIN2O3S. The van der Waals surface area contributed by atoms with Crippen LogP contribution in [0, 0.1) is 10.5 Å². The highest BCUT2D eigenvalue weighted by Crippen LogP contribution is 2.36. The molecule has 26 heavy (non-hydrogen) atoms. The number of nitrogens with one attached hydrogen (secondary N) is 2. The summed E-state index contributed by atoms with van der Waals surface area (Å²) in [6, 6.07) is 9.05. The predicted octanol–water partition coefficient (Wildman–Crippen LogP) is 4.57. The average molecular weight is 503 g/mol. The Morgan fingerprint density at radius 3 is 2.85 bits per heavy atom. The van der Waals surface area contributed by atoms with Crippen LogP contribution in [0.25, 0.3) is 6.08 Å². The summed E-state index contributed by atoms with van der Waals surface area (Å²) < 4.78 is 5.82. The minimum Gasteiger partial charge on any atom is -0.504 e. The number of amides is 1. The number of anilines is 1. The fourth-order valence-electron chi connectivity index (χ4n) is 2.48. The van der Waals surface area contributed by atoms with Gasteiger partial charge in [0.25, 0.3) is 5.91 Å². The van der Waals surface area contributed by atoms with E-state index in [1.54, 1.807) is 24.3 Å². The van der Waals surface area contributed by atoms with E-state index >= 15 is 0 Å². The lowest BCUT2D eigenvalue weighted by Gasteiger charge is -2.15. The third kappa shape index (κ3) is 4.21. The van der Waals surface area contributed by atoms with Crippen molar-refractivity contribution in [2.45, 2.75) is 12.4 Å². The number of hydrogen-bond acceptors (Lipinski definition) is 5. The lowest BCUT2D eigenvalue weighted by atomic mass is 10.2. The molecule has 0 spiro atoms. The molecule has 1 amide bonds. The number of halogens is 2. The van der Waals surface area contributed by atoms with Crippen molar-refractivity contribution in [3.05, 3.63) is 55.0 Å². The molecule has 1 unspecified atom stereocenters. The molecule has 8 heteroatoms. The van der Waals surface area contributed by atoms with E-state index in [4.69, 9.17) is 16.3 Å². The summed E-state index contributed by atoms with van der Waals surface area (Å²) in [5.41, 5.74) is 2.42. The van der Waals surface area contributed by atoms with Gasteiger partial charge in [-0.1, -0.05) is 23.4 Å². The molecule has 1 aliphatic rings. The van der Waals surface area contributed by atoms with Crippen molar-refractivity contribution >= 4 is 63.6 Å². The van der Waals surface area contributed by atoms with Gasteiger partial charge < -0.3 is 20.5 Å². The van der Waals surface area contributed by atoms with Gasteiger partial charge in [0.05, 0.1) is 15.6 Å². The molecule has 1 saturated heterocycles. The zero-order chi connectivity index (χ0) is 18.8. The Bertz CT molecular complexity index is 904. The zero-order valence-electron chi connectivity index (χ0n) is 14.0. The maximum absolute atomic E-state index is 12.3. The summed E-state index contributed by atoms with van der Waals surface area (Å²) in [5, 5.41) is 16.8. The average Bonchev–Trinajstić information content (AvgIpc) is 2.92. The van der Waals surface area contributed by atoms with E-state index in [0.29, 0.717) is 19.2 Å². The number of thioether (sulfide) groups is 1. The van der Waals surface area contributed by atoms with E-state index in [1.165, 1.54) is 18.9 Å². The number of methoxy groups -OCH3 is 1. The first-order chi connectivity index (χ1) is 12.4. The number of carbonyl (C=O) groups is 1. The Balaban J connectivity index is 1.79. The molecule has 1 heterocycles. The molecule has 136 valence electrons. The molecule has 0 saturated carbocycles. The number of ether oxygens (including phenoxy) is 1. The molecule has 0 aromatic heterocycles. The first-order valence-corrected chi connectivity index (χ1v) is 9.99. The molecule has 3 N–H and O–H groups in total. The van der Waals surface area contributed by atoms with Gasteiger partial charge in [-0.15, -0.1) is 0 Å². The van der Waals surface area contributed by atoms with Crippen LogP contribution in [0.1, 0.15) is 11.1 Å². The number of hydrogen-bond donors (Lipinski definition) is 3. The molecule has 2 aromatic carbocycles. The number of rotatable bonds is 4. The number of phenolic OH excluding ortho intramolecular Hbond substituents is 1. The smallest absolute Gasteiger partial charge is 0.260 e. The van der Waals surface area contributed by atoms with Crippen molar-refractivity contribution in [2.24, 2.45) is 0 Å². The monoisotopic (exact) mass is 502 g/mol. The molecule has 3 rings (SSSR count). The number of carbonyl (C=O) groups excluding carboxylic acids is 1. The van der Waals surface area contributed by atoms with Gasteiger partial charge in [0, 0.05) is 10.7 Å². The topological polar surface area (TPSA) is 70.6 Å². The van der Waals surface area contributed by atoms with Gasteiger partial charge in [-0.25, -0.2) is 0 Å². The van der Waals surface area contributed by atoms with E-state index < -0.39 is 0 Å². The van der Waals surface area contributed by atoms with Crippen molar-refractivity contribution in [2.75, 3.05) is 12.4 Å². The maximum Gasteiger partial charge on any atom is 0.260 e. The molecular weight excluding hydrogens is 487 g/mol. The Morgan fingerprint density at radius 2 is 2.15 bits per heavy atom. The van der Waals surface area contributed by atoms with Crippen molar-refractivity contribution in [3.8, 4) is 11.5 Å². The molecule has 5 nitrogen and oxygen atoms in total. The summed E-state index contributed by atoms with van der Waals surface area (Å²) >= 11 is 9.40. The molecule has 0 bridgehead atoms. The third-order valence-corrected chi connectivity index (χ3v) is 5.86. The summed E-state index contributed by atoms with van der Waals surface area (Å²) in [6.45, 7) is 1.96. The normalized spacial score (nSPS) is 18.1. The maximum atomic E-state index is 12.3. The zero-order valence-corrected chi connectivity index (χ0v) is 17.7. The second-order valence-electron chi connectivity index (χ2n) is 5.64. The van der Waals surface area contributed by atoms with Gasteiger partial charge in [-0.2, -0.15) is 0 Å². The molecule has 1 atom stereocenters. The first-order valence-electron chi connectivity index (χ1n) is 7.66. The van der Waals surface area contributed by atoms with Crippen LogP contribution in [0.15, 0.2) is 35.2 Å². The highest BCUT2D eigenvalue weighted by molar-refractivity contribution is 14.1. The number of aromatic hydroxyl groups is 1. The van der Waals surface area contributed by atoms with E-state index in [-0.39, 0.29) is 17.2 Å². The summed E-state index contributed by atoms with van der Waals surface area (Å²) in [5.74, 6) is 0.316. The van der Waals surface area contributed by atoms with Gasteiger partial charge in [-0.05, 0) is 77.0 Å². The van der Waals surface area contributed by atoms with Crippen LogP contribution in [-0.4, -0.2) is 23.6 Å². The van der Waals surface area contributed by atoms with Crippen LogP contribution >= 0.6 is 46.0 Å². The Kier molecular flexibility index (Phi) is 5.89. The number of benzene rings is 2. The van der Waals surface area contributed by atoms with Crippen molar-refractivity contribution in [1.82, 2.24) is 5.32 Å². The second kappa shape index (κ2) is 7.98. The SMILES string of the molecule is COc1cc(/C=C2\SC(Nc3ccc(Cl)cc3C)NC2=O)cc(I)c1O. The van der Waals surface area contributed by atoms with E-state index in [2.05, 4.69) is 10.6 Å². The fourth-order valence-corrected chi connectivity index (χ4v) is 4.31. The quantitative estimate of drug-likeness (QED) is 0.422. The summed E-state index contributed by atoms with van der Waals surface area (Å²) in [7, 11) is 1.49. The minimum atomic E-state index is -0.272. The van der Waals surface area contributed by atoms with Gasteiger partial charge in [0.2, 0.25) is 0 Å². The van der Waals surface area contributed by atoms with Crippen LogP contribution in [0.3, 0.4) is 0 Å². The summed E-state index contributed by atoms with van der Waals surface area (Å²) in [6.07, 6.45) is 1.78. The lowest BCUT2D eigenvalue weighted by molar-refractivity contribution is -0.116. The lowest BCUT2D eigenvalue weighted by Crippen LogP contribution is -2.31. The van der Waals surface area contributed by atoms with Gasteiger partial charge >= 0.3 is 0 Å². The van der Waals surface area contributed by atoms with Crippen LogP contribution < -0.4 is 15.4 Å². The van der Waals surface area contributed by atoms with Crippen molar-refractivity contribution < 1.29 is 14.6 Å². The van der Waals surface area contributed by atoms with Gasteiger partial charge in [0.1, 0.15) is 0 Å². The Labute approximate surface area is 174 Å². The molecule has 1 aliphatic heterocycles. The Morgan fingerprint density at radius 1 is 1.38 bits per heavy atom. The van der Waals surface area contributed by atoms with Crippen molar-refractivity contribution in [3.63, 3.8) is 0 Å². The molecule has 1 fully saturated rings. The van der Waals surface area contributed by atoms with Gasteiger partial charge in [-0.3, -0.25) is 4.79 Å². The number of phenols is 1. The fraction of sp³-hybridized carbons (Fsp3) is 0.167. The van der Waals surface area contributed by atoms with Crippen LogP contribution in [0.2, 0.25) is 5.02 Å². The minimum absolute atomic E-state index is 0.0940. The van der Waals surface area contributed by atoms with E-state index in [9.17, 15) is 9.90 Å². The summed E-state index contributed by atoms with van der Waals surface area (Å²) in [4.78, 5) is 12.9. The van der Waals surface area contributed by atoms with Crippen LogP contribution in [0.5, 0.6) is 11.5 Å². The van der Waals surface area contributed by atoms with Crippen molar-refractivity contribution in [1.29, 1.82) is 0 Å². The second-order valence-corrected chi connectivity index (χ2v) is 8.38. The van der Waals surface area contributed by atoms with E-state index in [1.807, 2.05) is 41.6 Å². The third-order valence-electron chi connectivity index (χ3n) is 3.77. The highest BCUT2D eigenvalue weighted by Gasteiger charge is 2.27. The Hall–Kier alpha value is -1.58. The van der Waals surface area contributed by atoms with Crippen LogP contribution in [0.4, 0.5) is 5.69 Å². The first kappa shape index (κ1) is 19.2.